The zero-order valence-corrected chi connectivity index (χ0v) is 16.9. The van der Waals surface area contributed by atoms with Crippen LogP contribution in [0.2, 0.25) is 6.04 Å². The van der Waals surface area contributed by atoms with E-state index in [1.807, 2.05) is 0 Å². The lowest BCUT2D eigenvalue weighted by Crippen LogP contribution is -2.16. The Balaban J connectivity index is 2.54. The van der Waals surface area contributed by atoms with E-state index in [2.05, 4.69) is 4.74 Å². The third kappa shape index (κ3) is 11.0. The Morgan fingerprint density at radius 1 is 1.08 bits per heavy atom. The molecule has 0 radical (unpaired) electrons. The van der Waals surface area contributed by atoms with Gasteiger partial charge in [-0.1, -0.05) is 31.4 Å². The first kappa shape index (κ1) is 23.1. The highest BCUT2D eigenvalue weighted by Gasteiger charge is 2.30. The van der Waals surface area contributed by atoms with Gasteiger partial charge in [0.1, 0.15) is 5.75 Å². The molecule has 0 aliphatic heterocycles. The van der Waals surface area contributed by atoms with Gasteiger partial charge >= 0.3 is 18.3 Å². The van der Waals surface area contributed by atoms with E-state index in [0.29, 0.717) is 24.4 Å². The van der Waals surface area contributed by atoms with Crippen molar-refractivity contribution in [3.63, 3.8) is 0 Å². The summed E-state index contributed by atoms with van der Waals surface area (Å²) in [6.07, 6.45) is 0.122. The van der Waals surface area contributed by atoms with Gasteiger partial charge in [0.25, 0.3) is 0 Å². The van der Waals surface area contributed by atoms with Gasteiger partial charge in [-0.05, 0) is 42.7 Å². The Bertz CT molecular complexity index is 614. The topological polar surface area (TPSA) is 46.5 Å². The van der Waals surface area contributed by atoms with Crippen LogP contribution in [0.1, 0.15) is 37.7 Å². The Labute approximate surface area is 164 Å². The predicted molar refractivity (Wildman–Crippen MR) is 99.9 cm³/mol. The van der Waals surface area contributed by atoms with Crippen molar-refractivity contribution in [3.8, 4) is 5.75 Å². The van der Waals surface area contributed by atoms with Gasteiger partial charge in [-0.3, -0.25) is 0 Å². The van der Waals surface area contributed by atoms with Gasteiger partial charge in [0.15, 0.2) is 0 Å². The molecule has 0 unspecified atom stereocenters. The van der Waals surface area contributed by atoms with Crippen molar-refractivity contribution in [2.75, 3.05) is 0 Å². The molecule has 3 nitrogen and oxygen atoms in total. The molecule has 0 aliphatic rings. The quantitative estimate of drug-likeness (QED) is 0.188. The minimum absolute atomic E-state index is 0.185. The van der Waals surface area contributed by atoms with Crippen LogP contribution in [0.3, 0.4) is 0 Å². The number of aliphatic carboxylic acids is 1. The maximum atomic E-state index is 12.1. The SMILES string of the molecule is O=C(O)/C(=C/c1ccc(OC(F)(F)F)cc1)CCCCCC[Si](Cl)(Cl)Cl. The number of ether oxygens (including phenoxy) is 1. The average molecular weight is 450 g/mol. The summed E-state index contributed by atoms with van der Waals surface area (Å²) in [5.74, 6) is -1.42. The fourth-order valence-corrected chi connectivity index (χ4v) is 4.06. The molecule has 1 aromatic carbocycles. The van der Waals surface area contributed by atoms with Crippen LogP contribution < -0.4 is 4.74 Å². The molecule has 0 atom stereocenters. The molecule has 0 aromatic heterocycles. The summed E-state index contributed by atoms with van der Waals surface area (Å²) < 4.78 is 40.1. The van der Waals surface area contributed by atoms with Crippen molar-refractivity contribution < 1.29 is 27.8 Å². The molecule has 0 amide bonds. The Morgan fingerprint density at radius 3 is 2.15 bits per heavy atom. The molecule has 0 saturated carbocycles. The Morgan fingerprint density at radius 2 is 1.65 bits per heavy atom. The van der Waals surface area contributed by atoms with Crippen LogP contribution in [0.5, 0.6) is 5.75 Å². The zero-order valence-electron chi connectivity index (χ0n) is 13.7. The first-order chi connectivity index (χ1) is 12.0. The summed E-state index contributed by atoms with van der Waals surface area (Å²) in [5.41, 5.74) is 0.671. The molecule has 0 aliphatic carbocycles. The first-order valence-electron chi connectivity index (χ1n) is 7.83. The molecule has 0 bridgehead atoms. The smallest absolute Gasteiger partial charge is 0.478 e. The molecule has 0 saturated heterocycles. The highest BCUT2D eigenvalue weighted by atomic mass is 35.8. The van der Waals surface area contributed by atoms with Crippen molar-refractivity contribution in [1.82, 2.24) is 0 Å². The fourth-order valence-electron chi connectivity index (χ4n) is 2.20. The summed E-state index contributed by atoms with van der Waals surface area (Å²) in [4.78, 5) is 11.3. The second kappa shape index (κ2) is 10.4. The number of unbranched alkanes of at least 4 members (excludes halogenated alkanes) is 3. The number of alkyl halides is 3. The molecule has 0 fully saturated rings. The molecule has 26 heavy (non-hydrogen) atoms. The zero-order chi connectivity index (χ0) is 19.8. The monoisotopic (exact) mass is 448 g/mol. The molecule has 1 N–H and O–H groups in total. The minimum atomic E-state index is -4.76. The van der Waals surface area contributed by atoms with E-state index in [4.69, 9.17) is 33.2 Å². The average Bonchev–Trinajstić information content (AvgIpc) is 2.48. The molecular weight excluding hydrogens is 432 g/mol. The lowest BCUT2D eigenvalue weighted by atomic mass is 10.0. The van der Waals surface area contributed by atoms with E-state index in [-0.39, 0.29) is 11.3 Å². The van der Waals surface area contributed by atoms with Crippen molar-refractivity contribution >= 4 is 51.3 Å². The number of benzene rings is 1. The predicted octanol–water partition coefficient (Wildman–Crippen LogP) is 6.66. The van der Waals surface area contributed by atoms with E-state index < -0.39 is 18.3 Å². The van der Waals surface area contributed by atoms with Crippen LogP contribution in [-0.4, -0.2) is 23.4 Å². The van der Waals surface area contributed by atoms with E-state index in [1.54, 1.807) is 0 Å². The van der Waals surface area contributed by atoms with Crippen molar-refractivity contribution in [2.24, 2.45) is 0 Å². The number of hydrogen-bond acceptors (Lipinski definition) is 2. The van der Waals surface area contributed by atoms with Gasteiger partial charge in [0, 0.05) is 5.57 Å². The number of halogens is 6. The van der Waals surface area contributed by atoms with E-state index in [0.717, 1.165) is 31.4 Å². The minimum Gasteiger partial charge on any atom is -0.478 e. The van der Waals surface area contributed by atoms with E-state index in [9.17, 15) is 23.1 Å². The van der Waals surface area contributed by atoms with Gasteiger partial charge in [-0.2, -0.15) is 0 Å². The fraction of sp³-hybridized carbons (Fsp3) is 0.438. The lowest BCUT2D eigenvalue weighted by molar-refractivity contribution is -0.274. The summed E-state index contributed by atoms with van der Waals surface area (Å²) in [7, 11) is 0. The molecule has 0 spiro atoms. The van der Waals surface area contributed by atoms with Crippen molar-refractivity contribution in [1.29, 1.82) is 0 Å². The maximum absolute atomic E-state index is 12.1. The molecule has 10 heteroatoms. The van der Waals surface area contributed by atoms with Gasteiger partial charge in [-0.15, -0.1) is 46.4 Å². The van der Waals surface area contributed by atoms with Crippen LogP contribution >= 0.6 is 33.2 Å². The number of carboxylic acids is 1. The van der Waals surface area contributed by atoms with Gasteiger partial charge in [0.05, 0.1) is 0 Å². The third-order valence-electron chi connectivity index (χ3n) is 3.39. The van der Waals surface area contributed by atoms with Crippen LogP contribution in [-0.2, 0) is 4.79 Å². The van der Waals surface area contributed by atoms with Crippen LogP contribution in [0.25, 0.3) is 6.08 Å². The number of carbonyl (C=O) groups is 1. The molecule has 0 heterocycles. The number of hydrogen-bond donors (Lipinski definition) is 1. The standard InChI is InChI=1S/C16H18Cl3F3O3Si/c17-26(18,19)10-4-2-1-3-5-13(15(23)24)11-12-6-8-14(9-7-12)25-16(20,21)22/h6-9,11H,1-5,10H2,(H,23,24)/b13-11+. The lowest BCUT2D eigenvalue weighted by Gasteiger charge is -2.09. The first-order valence-corrected chi connectivity index (χ1v) is 13.1. The summed E-state index contributed by atoms with van der Waals surface area (Å²) in [5, 5.41) is 9.26. The highest BCUT2D eigenvalue weighted by Crippen LogP contribution is 2.28. The van der Waals surface area contributed by atoms with E-state index >= 15 is 0 Å². The molecular formula is C16H18Cl3F3O3Si. The van der Waals surface area contributed by atoms with Gasteiger partial charge in [-0.25, -0.2) is 4.79 Å². The third-order valence-corrected chi connectivity index (χ3v) is 6.01. The van der Waals surface area contributed by atoms with Gasteiger partial charge < -0.3 is 9.84 Å². The van der Waals surface area contributed by atoms with E-state index in [1.165, 1.54) is 18.2 Å². The summed E-state index contributed by atoms with van der Waals surface area (Å²) in [6.45, 7) is 0. The normalized spacial score (nSPS) is 12.9. The maximum Gasteiger partial charge on any atom is 0.573 e. The Hall–Kier alpha value is -0.893. The second-order valence-corrected chi connectivity index (χ2v) is 14.9. The molecule has 1 aromatic rings. The summed E-state index contributed by atoms with van der Waals surface area (Å²) >= 11 is 17.4. The second-order valence-electron chi connectivity index (χ2n) is 5.62. The van der Waals surface area contributed by atoms with Crippen molar-refractivity contribution in [2.45, 2.75) is 44.5 Å². The van der Waals surface area contributed by atoms with Crippen LogP contribution in [0, 0.1) is 0 Å². The van der Waals surface area contributed by atoms with Gasteiger partial charge in [0.2, 0.25) is 0 Å². The largest absolute Gasteiger partial charge is 0.573 e. The van der Waals surface area contributed by atoms with Crippen LogP contribution in [0.15, 0.2) is 29.8 Å². The van der Waals surface area contributed by atoms with Crippen molar-refractivity contribution in [3.05, 3.63) is 35.4 Å². The Kier molecular flexibility index (Phi) is 9.30. The number of carboxylic acid groups (broad SMARTS) is 1. The molecule has 146 valence electrons. The number of rotatable bonds is 10. The highest BCUT2D eigenvalue weighted by molar-refractivity contribution is 7.64. The van der Waals surface area contributed by atoms with Crippen LogP contribution in [0.4, 0.5) is 13.2 Å². The summed E-state index contributed by atoms with van der Waals surface area (Å²) in [6, 6.07) is 3.00. The molecule has 1 rings (SSSR count).